The Morgan fingerprint density at radius 1 is 0.737 bits per heavy atom. The van der Waals surface area contributed by atoms with Crippen molar-refractivity contribution in [2.45, 2.75) is 79.6 Å². The fraction of sp³-hybridized carbons (Fsp3) is 0.750. The van der Waals surface area contributed by atoms with Gasteiger partial charge < -0.3 is 9.62 Å². The van der Waals surface area contributed by atoms with Crippen molar-refractivity contribution >= 4 is 6.98 Å². The van der Waals surface area contributed by atoms with E-state index >= 15 is 0 Å². The Hall–Kier alpha value is -0.895. The van der Waals surface area contributed by atoms with Crippen molar-refractivity contribution in [1.29, 1.82) is 0 Å². The molecule has 106 valence electrons. The molecule has 0 heterocycles. The average Bonchev–Trinajstić information content (AvgIpc) is 2.23. The van der Waals surface area contributed by atoms with Crippen molar-refractivity contribution in [2.24, 2.45) is 0 Å². The highest BCUT2D eigenvalue weighted by Gasteiger charge is 2.35. The van der Waals surface area contributed by atoms with Crippen LogP contribution in [0.15, 0.2) is 0 Å². The molecule has 3 heteroatoms. The van der Waals surface area contributed by atoms with E-state index in [1.807, 2.05) is 0 Å². The number of terminal acetylenes is 1. The van der Waals surface area contributed by atoms with Gasteiger partial charge in [-0.1, -0.05) is 61.2 Å². The Labute approximate surface area is 121 Å². The largest absolute Gasteiger partial charge is 0.401 e. The van der Waals surface area contributed by atoms with Gasteiger partial charge in [0.1, 0.15) is 0 Å². The molecule has 0 saturated carbocycles. The SMILES string of the molecule is C#CC#CB(N(C(C)C)C(C)C)N(C(C)C)C(C)C. The lowest BCUT2D eigenvalue weighted by Crippen LogP contribution is -2.61. The Kier molecular flexibility index (Phi) is 7.92. The van der Waals surface area contributed by atoms with E-state index in [4.69, 9.17) is 6.42 Å². The summed E-state index contributed by atoms with van der Waals surface area (Å²) in [5.41, 5.74) is 0. The Morgan fingerprint density at radius 3 is 1.26 bits per heavy atom. The summed E-state index contributed by atoms with van der Waals surface area (Å²) < 4.78 is 0. The molecule has 0 N–H and O–H groups in total. The average molecular weight is 260 g/mol. The minimum absolute atomic E-state index is 0.0658. The van der Waals surface area contributed by atoms with Gasteiger partial charge >= 0.3 is 6.98 Å². The fourth-order valence-corrected chi connectivity index (χ4v) is 2.73. The third kappa shape index (κ3) is 5.31. The molecule has 0 aliphatic carbocycles. The van der Waals surface area contributed by atoms with Gasteiger partial charge in [0.2, 0.25) is 0 Å². The Morgan fingerprint density at radius 2 is 1.05 bits per heavy atom. The molecule has 0 aromatic carbocycles. The van der Waals surface area contributed by atoms with Crippen molar-refractivity contribution in [3.05, 3.63) is 0 Å². The van der Waals surface area contributed by atoms with Crippen molar-refractivity contribution < 1.29 is 0 Å². The van der Waals surface area contributed by atoms with E-state index in [0.717, 1.165) is 0 Å². The second-order valence-corrected chi connectivity index (χ2v) is 6.06. The number of nitrogens with zero attached hydrogens (tertiary/aromatic N) is 2. The van der Waals surface area contributed by atoms with E-state index in [0.29, 0.717) is 24.2 Å². The molecule has 19 heavy (non-hydrogen) atoms. The quantitative estimate of drug-likeness (QED) is 0.535. The second kappa shape index (κ2) is 8.31. The molecule has 0 aliphatic rings. The van der Waals surface area contributed by atoms with Crippen LogP contribution in [0.4, 0.5) is 0 Å². The maximum atomic E-state index is 5.32. The second-order valence-electron chi connectivity index (χ2n) is 6.06. The lowest BCUT2D eigenvalue weighted by atomic mass is 9.68. The fourth-order valence-electron chi connectivity index (χ4n) is 2.73. The zero-order valence-electron chi connectivity index (χ0n) is 13.9. The molecule has 0 amide bonds. The maximum absolute atomic E-state index is 5.32. The van der Waals surface area contributed by atoms with E-state index in [2.05, 4.69) is 82.7 Å². The van der Waals surface area contributed by atoms with Crippen LogP contribution in [0.3, 0.4) is 0 Å². The van der Waals surface area contributed by atoms with Crippen LogP contribution in [0.2, 0.25) is 0 Å². The Bertz CT molecular complexity index is 319. The summed E-state index contributed by atoms with van der Waals surface area (Å²) >= 11 is 0. The van der Waals surface area contributed by atoms with Gasteiger partial charge in [0, 0.05) is 0 Å². The third-order valence-electron chi connectivity index (χ3n) is 3.22. The highest BCUT2D eigenvalue weighted by atomic mass is 15.3. The van der Waals surface area contributed by atoms with E-state index in [-0.39, 0.29) is 6.98 Å². The van der Waals surface area contributed by atoms with Crippen LogP contribution in [0.1, 0.15) is 55.4 Å². The molecule has 0 rings (SSSR count). The Balaban J connectivity index is 5.58. The highest BCUT2D eigenvalue weighted by Crippen LogP contribution is 2.16. The van der Waals surface area contributed by atoms with Crippen LogP contribution >= 0.6 is 0 Å². The molecule has 0 aromatic rings. The van der Waals surface area contributed by atoms with Crippen LogP contribution in [-0.2, 0) is 0 Å². The standard InChI is InChI=1S/C16H29BN2/c1-10-11-12-17(18(13(2)3)14(4)5)19(15(6)7)16(8)9/h1,13-16H,2-9H3. The van der Waals surface area contributed by atoms with Crippen molar-refractivity contribution in [3.8, 4) is 24.1 Å². The molecule has 2 nitrogen and oxygen atoms in total. The molecule has 0 radical (unpaired) electrons. The van der Waals surface area contributed by atoms with Crippen LogP contribution in [0.5, 0.6) is 0 Å². The van der Waals surface area contributed by atoms with Crippen LogP contribution in [0.25, 0.3) is 0 Å². The molecule has 0 aliphatic heterocycles. The van der Waals surface area contributed by atoms with Gasteiger partial charge in [0.05, 0.1) is 0 Å². The van der Waals surface area contributed by atoms with Gasteiger partial charge in [-0.25, -0.2) is 0 Å². The van der Waals surface area contributed by atoms with Gasteiger partial charge in [0.15, 0.2) is 0 Å². The molecule has 0 atom stereocenters. The molecule has 0 bridgehead atoms. The van der Waals surface area contributed by atoms with Gasteiger partial charge in [-0.05, 0) is 36.0 Å². The van der Waals surface area contributed by atoms with Gasteiger partial charge in [-0.15, -0.1) is 6.42 Å². The summed E-state index contributed by atoms with van der Waals surface area (Å²) in [5, 5.41) is 0. The lowest BCUT2D eigenvalue weighted by Gasteiger charge is -2.42. The van der Waals surface area contributed by atoms with Crippen molar-refractivity contribution in [2.75, 3.05) is 0 Å². The molecule has 0 spiro atoms. The predicted octanol–water partition coefficient (Wildman–Crippen LogP) is 2.89. The summed E-state index contributed by atoms with van der Waals surface area (Å²) in [6.45, 7) is 17.8. The first kappa shape index (κ1) is 18.1. The monoisotopic (exact) mass is 260 g/mol. The third-order valence-corrected chi connectivity index (χ3v) is 3.22. The minimum atomic E-state index is 0.0658. The first-order valence-electron chi connectivity index (χ1n) is 7.25. The van der Waals surface area contributed by atoms with Crippen LogP contribution < -0.4 is 0 Å². The number of hydrogen-bond donors (Lipinski definition) is 0. The smallest absolute Gasteiger partial charge is 0.313 e. The van der Waals surface area contributed by atoms with E-state index < -0.39 is 0 Å². The number of rotatable bonds is 6. The van der Waals surface area contributed by atoms with Crippen LogP contribution in [-0.4, -0.2) is 40.8 Å². The molecule has 0 aromatic heterocycles. The minimum Gasteiger partial charge on any atom is -0.313 e. The van der Waals surface area contributed by atoms with E-state index in [1.165, 1.54) is 0 Å². The first-order chi connectivity index (χ1) is 8.73. The number of hydrogen-bond acceptors (Lipinski definition) is 2. The summed E-state index contributed by atoms with van der Waals surface area (Å²) in [6.07, 6.45) is 5.32. The molecular formula is C16H29BN2. The van der Waals surface area contributed by atoms with E-state index in [9.17, 15) is 0 Å². The molecular weight excluding hydrogens is 231 g/mol. The highest BCUT2D eigenvalue weighted by molar-refractivity contribution is 6.62. The zero-order chi connectivity index (χ0) is 15.2. The summed E-state index contributed by atoms with van der Waals surface area (Å²) in [7, 11) is 0. The predicted molar refractivity (Wildman–Crippen MR) is 86.6 cm³/mol. The molecule has 0 fully saturated rings. The van der Waals surface area contributed by atoms with Gasteiger partial charge in [0.25, 0.3) is 0 Å². The van der Waals surface area contributed by atoms with Crippen molar-refractivity contribution in [3.63, 3.8) is 0 Å². The maximum Gasteiger partial charge on any atom is 0.401 e. The van der Waals surface area contributed by atoms with Gasteiger partial charge in [-0.3, -0.25) is 0 Å². The topological polar surface area (TPSA) is 6.48 Å². The van der Waals surface area contributed by atoms with Crippen LogP contribution in [0, 0.1) is 24.1 Å². The normalized spacial score (nSPS) is 11.4. The van der Waals surface area contributed by atoms with Crippen molar-refractivity contribution in [1.82, 2.24) is 9.62 Å². The summed E-state index contributed by atoms with van der Waals surface area (Å²) in [4.78, 5) is 4.84. The summed E-state index contributed by atoms with van der Waals surface area (Å²) in [6, 6.07) is 1.71. The lowest BCUT2D eigenvalue weighted by molar-refractivity contribution is 0.229. The zero-order valence-corrected chi connectivity index (χ0v) is 13.9. The molecule has 0 saturated heterocycles. The summed E-state index contributed by atoms with van der Waals surface area (Å²) in [5.74, 6) is 8.53. The van der Waals surface area contributed by atoms with Gasteiger partial charge in [-0.2, -0.15) is 0 Å². The first-order valence-corrected chi connectivity index (χ1v) is 7.25. The van der Waals surface area contributed by atoms with E-state index in [1.54, 1.807) is 0 Å². The molecule has 0 unspecified atom stereocenters.